The maximum atomic E-state index is 11.0. The predicted molar refractivity (Wildman–Crippen MR) is 107 cm³/mol. The lowest BCUT2D eigenvalue weighted by Gasteiger charge is -2.14. The molecule has 1 aromatic carbocycles. The number of aliphatic carboxylic acids is 1. The van der Waals surface area contributed by atoms with Crippen LogP contribution in [0.15, 0.2) is 41.6 Å². The van der Waals surface area contributed by atoms with Crippen LogP contribution in [-0.4, -0.2) is 21.3 Å². The van der Waals surface area contributed by atoms with Gasteiger partial charge in [-0.25, -0.2) is 4.98 Å². The Hall–Kier alpha value is -1.72. The van der Waals surface area contributed by atoms with Crippen molar-refractivity contribution in [2.75, 3.05) is 0 Å². The summed E-state index contributed by atoms with van der Waals surface area (Å²) < 4.78 is 5.96. The minimum absolute atomic E-state index is 0.0711. The molecule has 27 heavy (non-hydrogen) atoms. The molecule has 2 atom stereocenters. The van der Waals surface area contributed by atoms with Crippen LogP contribution in [0.5, 0.6) is 5.75 Å². The molecule has 1 N–H and O–H groups in total. The van der Waals surface area contributed by atoms with Crippen LogP contribution in [0.1, 0.15) is 49.1 Å². The van der Waals surface area contributed by atoms with E-state index >= 15 is 0 Å². The number of nitrogens with zero attached hydrogens (tertiary/aromatic N) is 1. The van der Waals surface area contributed by atoms with Gasteiger partial charge >= 0.3 is 5.97 Å². The molecule has 4 nitrogen and oxygen atoms in total. The van der Waals surface area contributed by atoms with Crippen LogP contribution in [0, 0.1) is 5.92 Å². The first kappa shape index (κ1) is 18.6. The van der Waals surface area contributed by atoms with Gasteiger partial charge in [0.2, 0.25) is 0 Å². The number of rotatable bonds is 7. The number of carboxylic acids is 1. The van der Waals surface area contributed by atoms with Crippen LogP contribution in [0.4, 0.5) is 0 Å². The molecule has 2 unspecified atom stereocenters. The fourth-order valence-electron chi connectivity index (χ4n) is 3.66. The molecule has 2 aliphatic carbocycles. The van der Waals surface area contributed by atoms with Gasteiger partial charge < -0.3 is 9.84 Å². The van der Waals surface area contributed by atoms with Crippen molar-refractivity contribution in [2.45, 2.75) is 54.9 Å². The zero-order valence-corrected chi connectivity index (χ0v) is 16.5. The number of carbonyl (C=O) groups is 1. The Kier molecular flexibility index (Phi) is 5.60. The lowest BCUT2D eigenvalue weighted by Crippen LogP contribution is -2.02. The van der Waals surface area contributed by atoms with E-state index in [2.05, 4.69) is 4.98 Å². The molecule has 2 aromatic rings. The second-order valence-corrected chi connectivity index (χ2v) is 8.95. The monoisotopic (exact) mass is 403 g/mol. The number of halogens is 1. The van der Waals surface area contributed by atoms with E-state index in [9.17, 15) is 4.79 Å². The Morgan fingerprint density at radius 1 is 1.30 bits per heavy atom. The van der Waals surface area contributed by atoms with E-state index in [0.717, 1.165) is 16.2 Å². The van der Waals surface area contributed by atoms with E-state index in [4.69, 9.17) is 21.4 Å². The maximum Gasteiger partial charge on any atom is 0.307 e. The number of hydrogen-bond donors (Lipinski definition) is 1. The van der Waals surface area contributed by atoms with Gasteiger partial charge in [-0.1, -0.05) is 36.6 Å². The van der Waals surface area contributed by atoms with Crippen molar-refractivity contribution < 1.29 is 14.6 Å². The first-order valence-electron chi connectivity index (χ1n) is 9.37. The molecular formula is C21H22ClNO3S. The van der Waals surface area contributed by atoms with Crippen molar-refractivity contribution >= 4 is 29.3 Å². The molecule has 2 aliphatic rings. The molecule has 4 rings (SSSR count). The van der Waals surface area contributed by atoms with E-state index in [-0.39, 0.29) is 11.8 Å². The molecule has 6 heteroatoms. The van der Waals surface area contributed by atoms with Gasteiger partial charge in [0.1, 0.15) is 17.4 Å². The molecule has 2 saturated carbocycles. The standard InChI is InChI=1S/C21H22ClNO3S/c22-18-10-13(16-11-17(16)21(24)25)7-8-19(18)26-12-14-4-3-9-23-20(14)27-15-5-1-2-6-15/h3-4,7-10,15-17H,1-2,5-6,11-12H2,(H,24,25). The largest absolute Gasteiger partial charge is 0.487 e. The summed E-state index contributed by atoms with van der Waals surface area (Å²) in [5.41, 5.74) is 2.04. The Bertz CT molecular complexity index is 838. The summed E-state index contributed by atoms with van der Waals surface area (Å²) in [5.74, 6) is -0.325. The summed E-state index contributed by atoms with van der Waals surface area (Å²) in [6, 6.07) is 9.58. The average molecular weight is 404 g/mol. The SMILES string of the molecule is O=C(O)C1CC1c1ccc(OCc2cccnc2SC2CCCC2)c(Cl)c1. The molecule has 1 heterocycles. The van der Waals surface area contributed by atoms with Crippen molar-refractivity contribution in [1.29, 1.82) is 0 Å². The van der Waals surface area contributed by atoms with Crippen molar-refractivity contribution in [2.24, 2.45) is 5.92 Å². The van der Waals surface area contributed by atoms with Crippen molar-refractivity contribution in [3.8, 4) is 5.75 Å². The minimum atomic E-state index is -0.736. The first-order valence-corrected chi connectivity index (χ1v) is 10.6. The average Bonchev–Trinajstić information content (AvgIpc) is 3.31. The number of aromatic nitrogens is 1. The van der Waals surface area contributed by atoms with Crippen molar-refractivity contribution in [1.82, 2.24) is 4.98 Å². The van der Waals surface area contributed by atoms with Gasteiger partial charge in [-0.05, 0) is 48.9 Å². The summed E-state index contributed by atoms with van der Waals surface area (Å²) in [5, 5.41) is 11.3. The first-order chi connectivity index (χ1) is 13.1. The second kappa shape index (κ2) is 8.11. The van der Waals surface area contributed by atoms with Gasteiger partial charge in [-0.3, -0.25) is 4.79 Å². The number of carboxylic acid groups (broad SMARTS) is 1. The number of benzene rings is 1. The van der Waals surface area contributed by atoms with Crippen molar-refractivity contribution in [3.63, 3.8) is 0 Å². The number of hydrogen-bond acceptors (Lipinski definition) is 4. The fourth-order valence-corrected chi connectivity index (χ4v) is 5.19. The topological polar surface area (TPSA) is 59.4 Å². The highest BCUT2D eigenvalue weighted by Crippen LogP contribution is 2.48. The normalized spacial score (nSPS) is 22.0. The van der Waals surface area contributed by atoms with E-state index in [1.54, 1.807) is 0 Å². The smallest absolute Gasteiger partial charge is 0.307 e. The minimum Gasteiger partial charge on any atom is -0.487 e. The number of ether oxygens (including phenoxy) is 1. The lowest BCUT2D eigenvalue weighted by molar-refractivity contribution is -0.138. The highest BCUT2D eigenvalue weighted by Gasteiger charge is 2.44. The fraction of sp³-hybridized carbons (Fsp3) is 0.429. The summed E-state index contributed by atoms with van der Waals surface area (Å²) in [6.07, 6.45) is 7.64. The quantitative estimate of drug-likeness (QED) is 0.657. The molecule has 0 aliphatic heterocycles. The van der Waals surface area contributed by atoms with Crippen LogP contribution < -0.4 is 4.74 Å². The highest BCUT2D eigenvalue weighted by molar-refractivity contribution is 7.99. The van der Waals surface area contributed by atoms with Crippen LogP contribution in [0.2, 0.25) is 5.02 Å². The Morgan fingerprint density at radius 2 is 2.11 bits per heavy atom. The molecule has 0 spiro atoms. The lowest BCUT2D eigenvalue weighted by atomic mass is 10.1. The molecule has 0 radical (unpaired) electrons. The predicted octanol–water partition coefficient (Wildman–Crippen LogP) is 5.54. The van der Waals surface area contributed by atoms with Crippen LogP contribution in [0.3, 0.4) is 0 Å². The van der Waals surface area contributed by atoms with Gasteiger partial charge in [-0.2, -0.15) is 0 Å². The summed E-state index contributed by atoms with van der Waals surface area (Å²) in [4.78, 5) is 15.6. The number of pyridine rings is 1. The van der Waals surface area contributed by atoms with E-state index in [1.165, 1.54) is 25.7 Å². The Morgan fingerprint density at radius 3 is 2.81 bits per heavy atom. The van der Waals surface area contributed by atoms with Gasteiger partial charge in [0, 0.05) is 17.0 Å². The van der Waals surface area contributed by atoms with Gasteiger partial charge in [0.25, 0.3) is 0 Å². The summed E-state index contributed by atoms with van der Waals surface area (Å²) >= 11 is 8.23. The third-order valence-electron chi connectivity index (χ3n) is 5.31. The molecule has 2 fully saturated rings. The molecule has 0 bridgehead atoms. The number of thioether (sulfide) groups is 1. The Balaban J connectivity index is 1.41. The van der Waals surface area contributed by atoms with Gasteiger partial charge in [0.15, 0.2) is 0 Å². The van der Waals surface area contributed by atoms with Gasteiger partial charge in [-0.15, -0.1) is 11.8 Å². The molecule has 0 amide bonds. The third kappa shape index (κ3) is 4.41. The van der Waals surface area contributed by atoms with Crippen molar-refractivity contribution in [3.05, 3.63) is 52.7 Å². The van der Waals surface area contributed by atoms with E-state index in [1.807, 2.05) is 48.3 Å². The molecule has 1 aromatic heterocycles. The molecular weight excluding hydrogens is 382 g/mol. The van der Waals surface area contributed by atoms with Crippen LogP contribution in [-0.2, 0) is 11.4 Å². The maximum absolute atomic E-state index is 11.0. The zero-order valence-electron chi connectivity index (χ0n) is 14.9. The molecule has 142 valence electrons. The molecule has 0 saturated heterocycles. The van der Waals surface area contributed by atoms with Crippen LogP contribution >= 0.6 is 23.4 Å². The van der Waals surface area contributed by atoms with E-state index in [0.29, 0.717) is 29.0 Å². The second-order valence-electron chi connectivity index (χ2n) is 7.26. The summed E-state index contributed by atoms with van der Waals surface area (Å²) in [7, 11) is 0. The Labute approximate surface area is 168 Å². The van der Waals surface area contributed by atoms with E-state index < -0.39 is 5.97 Å². The van der Waals surface area contributed by atoms with Gasteiger partial charge in [0.05, 0.1) is 10.9 Å². The highest BCUT2D eigenvalue weighted by atomic mass is 35.5. The third-order valence-corrected chi connectivity index (χ3v) is 7.00. The zero-order chi connectivity index (χ0) is 18.8. The van der Waals surface area contributed by atoms with Crippen LogP contribution in [0.25, 0.3) is 0 Å². The summed E-state index contributed by atoms with van der Waals surface area (Å²) in [6.45, 7) is 0.420.